The Morgan fingerprint density at radius 2 is 1.89 bits per heavy atom. The molecule has 38 heavy (non-hydrogen) atoms. The van der Waals surface area contributed by atoms with Gasteiger partial charge in [-0.15, -0.1) is 0 Å². The number of rotatable bonds is 11. The van der Waals surface area contributed by atoms with E-state index in [4.69, 9.17) is 9.72 Å². The maximum Gasteiger partial charge on any atom is 0.277 e. The first-order chi connectivity index (χ1) is 18.2. The molecule has 1 atom stereocenters. The van der Waals surface area contributed by atoms with E-state index < -0.39 is 10.0 Å². The third-order valence-electron chi connectivity index (χ3n) is 7.00. The molecule has 3 heterocycles. The number of benzene rings is 1. The van der Waals surface area contributed by atoms with E-state index in [1.54, 1.807) is 25.2 Å². The van der Waals surface area contributed by atoms with Gasteiger partial charge in [-0.1, -0.05) is 20.3 Å². The normalized spacial score (nSPS) is 16.2. The maximum absolute atomic E-state index is 13.6. The van der Waals surface area contributed by atoms with Crippen molar-refractivity contribution in [2.45, 2.75) is 57.4 Å². The Hall–Kier alpha value is -2.80. The fourth-order valence-corrected chi connectivity index (χ4v) is 6.32. The first-order valence-corrected chi connectivity index (χ1v) is 14.7. The van der Waals surface area contributed by atoms with Gasteiger partial charge < -0.3 is 14.8 Å². The third-order valence-corrected chi connectivity index (χ3v) is 8.89. The second-order valence-electron chi connectivity index (χ2n) is 9.74. The van der Waals surface area contributed by atoms with Crippen molar-refractivity contribution >= 4 is 21.1 Å². The van der Waals surface area contributed by atoms with Crippen LogP contribution in [0.5, 0.6) is 5.75 Å². The third kappa shape index (κ3) is 5.63. The molecule has 1 unspecified atom stereocenters. The number of aliphatic hydroxyl groups excluding tert-OH is 1. The number of sulfonamides is 1. The molecule has 0 spiro atoms. The van der Waals surface area contributed by atoms with Gasteiger partial charge in [-0.25, -0.2) is 13.4 Å². The topological polar surface area (TPSA) is 134 Å². The predicted molar refractivity (Wildman–Crippen MR) is 146 cm³/mol. The molecule has 0 aliphatic carbocycles. The average molecular weight is 547 g/mol. The van der Waals surface area contributed by atoms with Crippen molar-refractivity contribution in [2.24, 2.45) is 7.05 Å². The minimum atomic E-state index is -3.79. The summed E-state index contributed by atoms with van der Waals surface area (Å²) in [5.74, 6) is 0.704. The van der Waals surface area contributed by atoms with E-state index in [1.165, 1.54) is 8.99 Å². The summed E-state index contributed by atoms with van der Waals surface area (Å²) in [5.41, 5.74) is 1.69. The highest BCUT2D eigenvalue weighted by molar-refractivity contribution is 7.89. The van der Waals surface area contributed by atoms with Gasteiger partial charge in [0, 0.05) is 45.9 Å². The molecule has 2 N–H and O–H groups in total. The van der Waals surface area contributed by atoms with Crippen molar-refractivity contribution in [3.8, 4) is 17.1 Å². The summed E-state index contributed by atoms with van der Waals surface area (Å²) in [5, 5.41) is 13.7. The van der Waals surface area contributed by atoms with Gasteiger partial charge in [0.1, 0.15) is 17.1 Å². The van der Waals surface area contributed by atoms with Gasteiger partial charge in [-0.3, -0.25) is 14.4 Å². The number of ether oxygens (including phenoxy) is 1. The van der Waals surface area contributed by atoms with Crippen molar-refractivity contribution in [2.75, 3.05) is 39.4 Å². The Morgan fingerprint density at radius 3 is 2.55 bits per heavy atom. The van der Waals surface area contributed by atoms with Crippen molar-refractivity contribution < 1.29 is 18.3 Å². The molecule has 0 radical (unpaired) electrons. The number of piperazine rings is 1. The first-order valence-electron chi connectivity index (χ1n) is 13.3. The van der Waals surface area contributed by atoms with Crippen LogP contribution in [-0.2, 0) is 23.5 Å². The van der Waals surface area contributed by atoms with E-state index in [0.29, 0.717) is 68.0 Å². The number of fused-ring (bicyclic) bond motifs is 1. The molecule has 0 amide bonds. The molecule has 3 aromatic rings. The van der Waals surface area contributed by atoms with Crippen LogP contribution in [0.4, 0.5) is 0 Å². The standard InChI is InChI=1S/C26H38N6O5S/c1-5-7-21-23-24(30(4)29-21)26(34)28-25(27-23)20-17-19(8-9-22(20)37-16-6-2)38(35,36)32-13-11-31(12-14-32)18(3)10-15-33/h8-9,17-18,33H,5-7,10-16H2,1-4H3,(H,27,28,34). The molecule has 4 rings (SSSR count). The second-order valence-corrected chi connectivity index (χ2v) is 11.7. The Kier molecular flexibility index (Phi) is 8.86. The van der Waals surface area contributed by atoms with Crippen LogP contribution in [0.25, 0.3) is 22.4 Å². The van der Waals surface area contributed by atoms with Crippen molar-refractivity contribution in [1.82, 2.24) is 29.0 Å². The fourth-order valence-electron chi connectivity index (χ4n) is 4.88. The number of aromatic amines is 1. The Balaban J connectivity index is 1.73. The zero-order valence-corrected chi connectivity index (χ0v) is 23.4. The highest BCUT2D eigenvalue weighted by Gasteiger charge is 2.31. The molecular formula is C26H38N6O5S. The fraction of sp³-hybridized carbons (Fsp3) is 0.577. The monoisotopic (exact) mass is 546 g/mol. The van der Waals surface area contributed by atoms with E-state index >= 15 is 0 Å². The smallest absolute Gasteiger partial charge is 0.277 e. The molecule has 0 bridgehead atoms. The Morgan fingerprint density at radius 1 is 1.16 bits per heavy atom. The summed E-state index contributed by atoms with van der Waals surface area (Å²) in [7, 11) is -2.08. The zero-order chi connectivity index (χ0) is 27.4. The molecule has 11 nitrogen and oxygen atoms in total. The van der Waals surface area contributed by atoms with Gasteiger partial charge in [0.25, 0.3) is 5.56 Å². The molecule has 1 saturated heterocycles. The van der Waals surface area contributed by atoms with Crippen molar-refractivity contribution in [3.05, 3.63) is 34.2 Å². The van der Waals surface area contributed by atoms with Crippen LogP contribution < -0.4 is 10.3 Å². The molecule has 1 aromatic carbocycles. The minimum absolute atomic E-state index is 0.107. The van der Waals surface area contributed by atoms with E-state index in [-0.39, 0.29) is 28.9 Å². The van der Waals surface area contributed by atoms with Gasteiger partial charge in [-0.2, -0.15) is 9.40 Å². The van der Waals surface area contributed by atoms with Crippen LogP contribution in [0.15, 0.2) is 27.9 Å². The molecule has 208 valence electrons. The second kappa shape index (κ2) is 11.9. The molecule has 12 heteroatoms. The number of aromatic nitrogens is 4. The lowest BCUT2D eigenvalue weighted by molar-refractivity contribution is 0.124. The lowest BCUT2D eigenvalue weighted by atomic mass is 10.1. The quantitative estimate of drug-likeness (QED) is 0.374. The minimum Gasteiger partial charge on any atom is -0.493 e. The number of hydrogen-bond donors (Lipinski definition) is 2. The largest absolute Gasteiger partial charge is 0.493 e. The summed E-state index contributed by atoms with van der Waals surface area (Å²) >= 11 is 0. The molecular weight excluding hydrogens is 508 g/mol. The number of H-pyrrole nitrogens is 1. The van der Waals surface area contributed by atoms with Crippen LogP contribution in [0.1, 0.15) is 45.7 Å². The lowest BCUT2D eigenvalue weighted by Crippen LogP contribution is -2.51. The lowest BCUT2D eigenvalue weighted by Gasteiger charge is -2.37. The van der Waals surface area contributed by atoms with Crippen LogP contribution in [0.2, 0.25) is 0 Å². The summed E-state index contributed by atoms with van der Waals surface area (Å²) in [6.07, 6.45) is 2.94. The number of hydrogen-bond acceptors (Lipinski definition) is 8. The SMILES string of the molecule is CCCOc1ccc(S(=O)(=O)N2CCN(C(C)CCO)CC2)cc1-c1nc2c(CCC)nn(C)c2c(=O)[nH]1. The number of nitrogens with one attached hydrogen (secondary N) is 1. The van der Waals surface area contributed by atoms with Crippen LogP contribution in [0, 0.1) is 0 Å². The van der Waals surface area contributed by atoms with Crippen molar-refractivity contribution in [3.63, 3.8) is 0 Å². The average Bonchev–Trinajstić information content (AvgIpc) is 3.23. The number of aliphatic hydroxyl groups is 1. The van der Waals surface area contributed by atoms with Gasteiger partial charge in [0.15, 0.2) is 5.52 Å². The van der Waals surface area contributed by atoms with Gasteiger partial charge >= 0.3 is 0 Å². The Labute approximate surface area is 223 Å². The summed E-state index contributed by atoms with van der Waals surface area (Å²) in [6, 6.07) is 4.92. The van der Waals surface area contributed by atoms with Gasteiger partial charge in [0.05, 0.1) is 22.8 Å². The number of nitrogens with zero attached hydrogens (tertiary/aromatic N) is 5. The zero-order valence-electron chi connectivity index (χ0n) is 22.6. The maximum atomic E-state index is 13.6. The first kappa shape index (κ1) is 28.2. The summed E-state index contributed by atoms with van der Waals surface area (Å²) in [6.45, 7) is 8.52. The van der Waals surface area contributed by atoms with E-state index in [2.05, 4.69) is 15.0 Å². The Bertz CT molecular complexity index is 1430. The summed E-state index contributed by atoms with van der Waals surface area (Å²) in [4.78, 5) is 22.9. The van der Waals surface area contributed by atoms with Crippen molar-refractivity contribution in [1.29, 1.82) is 0 Å². The van der Waals surface area contributed by atoms with Gasteiger partial charge in [0.2, 0.25) is 10.0 Å². The van der Waals surface area contributed by atoms with Crippen LogP contribution in [0.3, 0.4) is 0 Å². The molecule has 1 fully saturated rings. The van der Waals surface area contributed by atoms with E-state index in [1.807, 2.05) is 20.8 Å². The highest BCUT2D eigenvalue weighted by Crippen LogP contribution is 2.32. The number of aryl methyl sites for hydroxylation is 2. The van der Waals surface area contributed by atoms with Gasteiger partial charge in [-0.05, 0) is 44.4 Å². The van der Waals surface area contributed by atoms with E-state index in [9.17, 15) is 18.3 Å². The molecule has 1 aliphatic heterocycles. The predicted octanol–water partition coefficient (Wildman–Crippen LogP) is 2.14. The molecule has 1 aliphatic rings. The molecule has 2 aromatic heterocycles. The van der Waals surface area contributed by atoms with Crippen LogP contribution >= 0.6 is 0 Å². The van der Waals surface area contributed by atoms with E-state index in [0.717, 1.165) is 18.5 Å². The highest BCUT2D eigenvalue weighted by atomic mass is 32.2. The molecule has 0 saturated carbocycles. The van der Waals surface area contributed by atoms with Crippen LogP contribution in [-0.4, -0.2) is 87.9 Å². The summed E-state index contributed by atoms with van der Waals surface area (Å²) < 4.78 is 36.2.